The summed E-state index contributed by atoms with van der Waals surface area (Å²) in [6.07, 6.45) is 1.74. The third kappa shape index (κ3) is 5.24. The molecule has 0 saturated heterocycles. The average molecular weight is 418 g/mol. The highest BCUT2D eigenvalue weighted by molar-refractivity contribution is 9.10. The molecule has 26 heavy (non-hydrogen) atoms. The Labute approximate surface area is 163 Å². The number of amides is 1. The van der Waals surface area contributed by atoms with Crippen LogP contribution < -0.4 is 9.64 Å². The third-order valence-corrected chi connectivity index (χ3v) is 4.46. The van der Waals surface area contributed by atoms with Gasteiger partial charge in [-0.25, -0.2) is 4.79 Å². The molecule has 1 saturated carbocycles. The average Bonchev–Trinajstić information content (AvgIpc) is 3.39. The lowest BCUT2D eigenvalue weighted by atomic mass is 10.2. The predicted octanol–water partition coefficient (Wildman–Crippen LogP) is 5.93. The molecule has 2 aromatic rings. The molecule has 1 aliphatic carbocycles. The minimum Gasteiger partial charge on any atom is -0.489 e. The summed E-state index contributed by atoms with van der Waals surface area (Å²) in [7, 11) is 0. The van der Waals surface area contributed by atoms with E-state index in [0.717, 1.165) is 34.3 Å². The number of rotatable bonds is 5. The Morgan fingerprint density at radius 1 is 1.08 bits per heavy atom. The number of nitrogens with zero attached hydrogens (tertiary/aromatic N) is 1. The molecule has 5 heteroatoms. The predicted molar refractivity (Wildman–Crippen MR) is 107 cm³/mol. The van der Waals surface area contributed by atoms with Crippen LogP contribution in [0.2, 0.25) is 0 Å². The first-order chi connectivity index (χ1) is 12.3. The summed E-state index contributed by atoms with van der Waals surface area (Å²) >= 11 is 3.43. The van der Waals surface area contributed by atoms with Crippen molar-refractivity contribution >= 4 is 27.7 Å². The van der Waals surface area contributed by atoms with Gasteiger partial charge in [0.05, 0.1) is 0 Å². The van der Waals surface area contributed by atoms with Gasteiger partial charge in [0.15, 0.2) is 0 Å². The van der Waals surface area contributed by atoms with Crippen LogP contribution in [0.3, 0.4) is 0 Å². The summed E-state index contributed by atoms with van der Waals surface area (Å²) < 4.78 is 12.4. The Bertz CT molecular complexity index is 746. The zero-order valence-electron chi connectivity index (χ0n) is 15.4. The highest BCUT2D eigenvalue weighted by Crippen LogP contribution is 2.34. The van der Waals surface area contributed by atoms with Crippen molar-refractivity contribution in [2.24, 2.45) is 0 Å². The van der Waals surface area contributed by atoms with Crippen molar-refractivity contribution in [3.05, 3.63) is 58.6 Å². The van der Waals surface area contributed by atoms with Crippen LogP contribution in [0, 0.1) is 0 Å². The molecule has 2 aromatic carbocycles. The second-order valence-electron chi connectivity index (χ2n) is 7.49. The van der Waals surface area contributed by atoms with Crippen molar-refractivity contribution in [2.45, 2.75) is 51.9 Å². The van der Waals surface area contributed by atoms with E-state index in [2.05, 4.69) is 15.9 Å². The molecule has 0 spiro atoms. The number of anilines is 1. The van der Waals surface area contributed by atoms with Crippen LogP contribution in [-0.4, -0.2) is 17.7 Å². The third-order valence-electron chi connectivity index (χ3n) is 3.94. The van der Waals surface area contributed by atoms with Crippen molar-refractivity contribution in [3.8, 4) is 5.75 Å². The molecule has 0 atom stereocenters. The fourth-order valence-electron chi connectivity index (χ4n) is 2.56. The molecule has 138 valence electrons. The molecule has 1 aliphatic rings. The first-order valence-electron chi connectivity index (χ1n) is 8.81. The summed E-state index contributed by atoms with van der Waals surface area (Å²) in [6, 6.07) is 15.9. The van der Waals surface area contributed by atoms with E-state index in [1.807, 2.05) is 69.3 Å². The van der Waals surface area contributed by atoms with E-state index in [1.165, 1.54) is 0 Å². The smallest absolute Gasteiger partial charge is 0.415 e. The summed E-state index contributed by atoms with van der Waals surface area (Å²) in [5, 5.41) is 0. The molecule has 0 N–H and O–H groups in total. The Balaban J connectivity index is 1.65. The van der Waals surface area contributed by atoms with E-state index in [-0.39, 0.29) is 12.1 Å². The summed E-state index contributed by atoms with van der Waals surface area (Å²) in [5.74, 6) is 0.775. The first kappa shape index (κ1) is 18.8. The molecule has 0 aliphatic heterocycles. The van der Waals surface area contributed by atoms with Crippen molar-refractivity contribution in [3.63, 3.8) is 0 Å². The molecular weight excluding hydrogens is 394 g/mol. The number of ether oxygens (including phenoxy) is 2. The molecule has 4 nitrogen and oxygen atoms in total. The van der Waals surface area contributed by atoms with Gasteiger partial charge in [0, 0.05) is 16.2 Å². The fourth-order valence-corrected chi connectivity index (χ4v) is 2.82. The van der Waals surface area contributed by atoms with Gasteiger partial charge in [0.25, 0.3) is 0 Å². The van der Waals surface area contributed by atoms with Gasteiger partial charge >= 0.3 is 6.09 Å². The van der Waals surface area contributed by atoms with Gasteiger partial charge in [0.1, 0.15) is 18.0 Å². The molecule has 0 radical (unpaired) electrons. The van der Waals surface area contributed by atoms with Gasteiger partial charge in [-0.05, 0) is 75.6 Å². The summed E-state index contributed by atoms with van der Waals surface area (Å²) in [5.41, 5.74) is 1.45. The van der Waals surface area contributed by atoms with Crippen LogP contribution in [0.4, 0.5) is 10.5 Å². The molecule has 0 heterocycles. The maximum absolute atomic E-state index is 12.5. The lowest BCUT2D eigenvalue weighted by molar-refractivity contribution is 0.0577. The maximum atomic E-state index is 12.5. The van der Waals surface area contributed by atoms with Crippen LogP contribution in [0.5, 0.6) is 5.75 Å². The van der Waals surface area contributed by atoms with Crippen molar-refractivity contribution in [1.29, 1.82) is 0 Å². The van der Waals surface area contributed by atoms with Gasteiger partial charge in [-0.15, -0.1) is 0 Å². The highest BCUT2D eigenvalue weighted by Gasteiger charge is 2.36. The second-order valence-corrected chi connectivity index (χ2v) is 8.41. The Kier molecular flexibility index (Phi) is 5.56. The van der Waals surface area contributed by atoms with E-state index in [0.29, 0.717) is 6.61 Å². The zero-order chi connectivity index (χ0) is 18.7. The number of halogens is 1. The van der Waals surface area contributed by atoms with Gasteiger partial charge in [-0.1, -0.05) is 28.1 Å². The zero-order valence-corrected chi connectivity index (χ0v) is 17.0. The van der Waals surface area contributed by atoms with E-state index in [1.54, 1.807) is 4.90 Å². The SMILES string of the molecule is CC(C)(C)OC(=O)N(c1ccc(OCc2ccc(Br)cc2)cc1)C1CC1. The molecule has 0 unspecified atom stereocenters. The number of hydrogen-bond donors (Lipinski definition) is 0. The van der Waals surface area contributed by atoms with Crippen LogP contribution in [-0.2, 0) is 11.3 Å². The number of benzene rings is 2. The Hall–Kier alpha value is -2.01. The first-order valence-corrected chi connectivity index (χ1v) is 9.61. The molecule has 0 bridgehead atoms. The van der Waals surface area contributed by atoms with Crippen molar-refractivity contribution in [2.75, 3.05) is 4.90 Å². The van der Waals surface area contributed by atoms with E-state index in [4.69, 9.17) is 9.47 Å². The Morgan fingerprint density at radius 3 is 2.23 bits per heavy atom. The lowest BCUT2D eigenvalue weighted by Gasteiger charge is -2.27. The van der Waals surface area contributed by atoms with Crippen LogP contribution in [0.1, 0.15) is 39.2 Å². The number of hydrogen-bond acceptors (Lipinski definition) is 3. The normalized spacial score (nSPS) is 14.0. The Morgan fingerprint density at radius 2 is 1.69 bits per heavy atom. The standard InChI is InChI=1S/C21H24BrNO3/c1-21(2,3)26-20(24)23(17-8-9-17)18-10-12-19(13-11-18)25-14-15-4-6-16(22)7-5-15/h4-7,10-13,17H,8-9,14H2,1-3H3. The minimum absolute atomic E-state index is 0.236. The van der Waals surface area contributed by atoms with Crippen LogP contribution >= 0.6 is 15.9 Å². The largest absolute Gasteiger partial charge is 0.489 e. The summed E-state index contributed by atoms with van der Waals surface area (Å²) in [6.45, 7) is 6.16. The maximum Gasteiger partial charge on any atom is 0.415 e. The summed E-state index contributed by atoms with van der Waals surface area (Å²) in [4.78, 5) is 14.3. The minimum atomic E-state index is -0.502. The monoisotopic (exact) mass is 417 g/mol. The van der Waals surface area contributed by atoms with Gasteiger partial charge in [-0.3, -0.25) is 4.90 Å². The van der Waals surface area contributed by atoms with Crippen molar-refractivity contribution in [1.82, 2.24) is 0 Å². The fraction of sp³-hybridized carbons (Fsp3) is 0.381. The van der Waals surface area contributed by atoms with E-state index in [9.17, 15) is 4.79 Å². The second kappa shape index (κ2) is 7.70. The van der Waals surface area contributed by atoms with Gasteiger partial charge in [0.2, 0.25) is 0 Å². The van der Waals surface area contributed by atoms with Crippen molar-refractivity contribution < 1.29 is 14.3 Å². The quantitative estimate of drug-likeness (QED) is 0.604. The molecule has 0 aromatic heterocycles. The number of carbonyl (C=O) groups excluding carboxylic acids is 1. The van der Waals surface area contributed by atoms with Gasteiger partial charge < -0.3 is 9.47 Å². The molecule has 1 fully saturated rings. The number of carbonyl (C=O) groups is 1. The van der Waals surface area contributed by atoms with Crippen LogP contribution in [0.15, 0.2) is 53.0 Å². The van der Waals surface area contributed by atoms with E-state index < -0.39 is 5.60 Å². The molecule has 3 rings (SSSR count). The van der Waals surface area contributed by atoms with E-state index >= 15 is 0 Å². The topological polar surface area (TPSA) is 38.8 Å². The highest BCUT2D eigenvalue weighted by atomic mass is 79.9. The lowest BCUT2D eigenvalue weighted by Crippen LogP contribution is -2.38. The molecular formula is C21H24BrNO3. The van der Waals surface area contributed by atoms with Crippen LogP contribution in [0.25, 0.3) is 0 Å². The molecule has 1 amide bonds. The van der Waals surface area contributed by atoms with Gasteiger partial charge in [-0.2, -0.15) is 0 Å².